The Balaban J connectivity index is 1.97. The predicted molar refractivity (Wildman–Crippen MR) is 306 cm³/mol. The van der Waals surface area contributed by atoms with Crippen molar-refractivity contribution in [3.05, 3.63) is 96.3 Å². The lowest BCUT2D eigenvalue weighted by atomic mass is 9.89. The third kappa shape index (κ3) is 22.5. The molecule has 14 heteroatoms. The second-order valence-electron chi connectivity index (χ2n) is 21.0. The molecule has 0 fully saturated rings. The van der Waals surface area contributed by atoms with Gasteiger partial charge in [0.1, 0.15) is 30.2 Å². The Labute approximate surface area is 451 Å². The maximum Gasteiger partial charge on any atom is 0.245 e. The van der Waals surface area contributed by atoms with Crippen LogP contribution in [0.3, 0.4) is 0 Å². The SMILES string of the molecule is CN[C@@H](CC(C)C)C(=O)N(C)[C@@H](CC(C)CCC(C)S)C(=O)N(C)[C@@H](CC(C)CCC(S)Cc1ccc(OCc2ccco2)cc1)C(=O)N(C)[C@@H](CC(C)CCC(C)S)C(=O)[CH]C(S)Cc1ccccc1. The molecule has 1 radical (unpaired) electrons. The largest absolute Gasteiger partial charge is 0.486 e. The van der Waals surface area contributed by atoms with Crippen LogP contribution >= 0.6 is 50.5 Å². The fourth-order valence-electron chi connectivity index (χ4n) is 9.19. The number of amides is 3. The number of hydrogen-bond donors (Lipinski definition) is 5. The Morgan fingerprint density at radius 2 is 1.08 bits per heavy atom. The van der Waals surface area contributed by atoms with Gasteiger partial charge in [0.25, 0.3) is 0 Å². The van der Waals surface area contributed by atoms with Crippen molar-refractivity contribution in [2.75, 3.05) is 28.2 Å². The summed E-state index contributed by atoms with van der Waals surface area (Å²) in [6.45, 7) is 15.0. The number of rotatable bonds is 34. The van der Waals surface area contributed by atoms with Crippen molar-refractivity contribution in [2.45, 2.75) is 177 Å². The summed E-state index contributed by atoms with van der Waals surface area (Å²) in [6.07, 6.45) is 11.4. The number of thiol groups is 4. The number of ketones is 1. The zero-order valence-electron chi connectivity index (χ0n) is 44.7. The second-order valence-corrected chi connectivity index (χ2v) is 24.2. The van der Waals surface area contributed by atoms with Gasteiger partial charge in [0.2, 0.25) is 17.7 Å². The molecule has 2 aromatic carbocycles. The van der Waals surface area contributed by atoms with Crippen LogP contribution in [-0.2, 0) is 38.6 Å². The first kappa shape index (κ1) is 62.3. The van der Waals surface area contributed by atoms with Crippen molar-refractivity contribution in [1.29, 1.82) is 0 Å². The minimum absolute atomic E-state index is 0.00263. The molecule has 71 heavy (non-hydrogen) atoms. The van der Waals surface area contributed by atoms with E-state index in [4.69, 9.17) is 34.4 Å². The number of benzene rings is 2. The van der Waals surface area contributed by atoms with Crippen LogP contribution < -0.4 is 10.1 Å². The summed E-state index contributed by atoms with van der Waals surface area (Å²) in [7, 11) is 6.91. The number of nitrogens with one attached hydrogen (secondary N) is 1. The molecular formula is C57H89N4O6S4. The zero-order valence-corrected chi connectivity index (χ0v) is 48.3. The van der Waals surface area contributed by atoms with E-state index >= 15 is 9.59 Å². The number of Topliss-reactive ketones (excluding diaryl/α,β-unsaturated/α-hetero) is 1. The predicted octanol–water partition coefficient (Wildman–Crippen LogP) is 11.2. The summed E-state index contributed by atoms with van der Waals surface area (Å²) in [6, 6.07) is 18.7. The van der Waals surface area contributed by atoms with Crippen molar-refractivity contribution < 1.29 is 28.3 Å². The summed E-state index contributed by atoms with van der Waals surface area (Å²) in [5.74, 6) is 1.04. The minimum Gasteiger partial charge on any atom is -0.486 e. The highest BCUT2D eigenvalue weighted by Gasteiger charge is 2.41. The quantitative estimate of drug-likeness (QED) is 0.0379. The van der Waals surface area contributed by atoms with Crippen molar-refractivity contribution >= 4 is 74.0 Å². The smallest absolute Gasteiger partial charge is 0.245 e. The molecule has 10 nitrogen and oxygen atoms in total. The maximum atomic E-state index is 15.4. The summed E-state index contributed by atoms with van der Waals surface area (Å²) < 4.78 is 11.3. The summed E-state index contributed by atoms with van der Waals surface area (Å²) in [5, 5.41) is 3.26. The number of likely N-dealkylation sites (N-methyl/N-ethyl adjacent to an activating group) is 4. The standard InChI is InChI=1S/C57H89N4O6S4/c1-38(2)30-50(58-8)55(63)60(10)52(32-40(4)20-23-43(7)69)57(65)61(11)53(33-41(5)21-28-48(70)34-45-24-26-46(27-25-45)67-37-47-18-15-29-66-47)56(64)59(9)51(31-39(3)19-22-42(6)68)54(62)36-49(71)35-44-16-13-12-14-17-44/h12-18,24-27,29,36,38-43,48-53,58,68-71H,19-23,28,30-35,37H2,1-11H3/t39?,40?,41?,42?,43?,48?,49?,50-,51-,52-,53-/m0/s1. The lowest BCUT2D eigenvalue weighted by molar-refractivity contribution is -0.153. The van der Waals surface area contributed by atoms with Gasteiger partial charge in [0.05, 0.1) is 18.3 Å². The average Bonchev–Trinajstić information content (AvgIpc) is 3.86. The van der Waals surface area contributed by atoms with Crippen molar-refractivity contribution in [1.82, 2.24) is 20.0 Å². The molecule has 1 heterocycles. The first-order valence-electron chi connectivity index (χ1n) is 26.0. The second kappa shape index (κ2) is 32.3. The van der Waals surface area contributed by atoms with Gasteiger partial charge in [-0.25, -0.2) is 0 Å². The van der Waals surface area contributed by atoms with Crippen molar-refractivity contribution in [3.8, 4) is 5.75 Å². The van der Waals surface area contributed by atoms with E-state index in [9.17, 15) is 9.59 Å². The highest BCUT2D eigenvalue weighted by molar-refractivity contribution is 7.81. The summed E-state index contributed by atoms with van der Waals surface area (Å²) in [5.41, 5.74) is 2.20. The summed E-state index contributed by atoms with van der Waals surface area (Å²) >= 11 is 19.1. The molecule has 0 saturated carbocycles. The molecule has 0 bridgehead atoms. The topological polar surface area (TPSA) is 112 Å². The van der Waals surface area contributed by atoms with Crippen LogP contribution in [0.2, 0.25) is 0 Å². The molecule has 0 aliphatic heterocycles. The molecule has 0 aliphatic rings. The van der Waals surface area contributed by atoms with Gasteiger partial charge in [-0.3, -0.25) is 19.2 Å². The van der Waals surface area contributed by atoms with Crippen LogP contribution in [-0.4, -0.2) is 112 Å². The molecule has 3 aromatic rings. The van der Waals surface area contributed by atoms with Crippen molar-refractivity contribution in [2.24, 2.45) is 23.7 Å². The molecule has 1 N–H and O–H groups in total. The molecule has 3 rings (SSSR count). The molecule has 397 valence electrons. The normalized spacial score (nSPS) is 16.4. The van der Waals surface area contributed by atoms with Crippen molar-refractivity contribution in [3.63, 3.8) is 0 Å². The van der Waals surface area contributed by atoms with Crippen LogP contribution in [0.5, 0.6) is 5.75 Å². The monoisotopic (exact) mass is 1050 g/mol. The van der Waals surface area contributed by atoms with E-state index in [0.29, 0.717) is 38.7 Å². The van der Waals surface area contributed by atoms with Gasteiger partial charge in [0.15, 0.2) is 5.78 Å². The first-order valence-corrected chi connectivity index (χ1v) is 28.0. The molecule has 7 unspecified atom stereocenters. The van der Waals surface area contributed by atoms with Crippen LogP contribution in [0.25, 0.3) is 0 Å². The molecule has 0 spiro atoms. The fraction of sp³-hybridized carbons (Fsp3) is 0.632. The highest BCUT2D eigenvalue weighted by Crippen LogP contribution is 2.29. The molecule has 3 amide bonds. The van der Waals surface area contributed by atoms with E-state index in [-0.39, 0.29) is 68.2 Å². The van der Waals surface area contributed by atoms with Gasteiger partial charge in [-0.15, -0.1) is 0 Å². The Morgan fingerprint density at radius 3 is 1.58 bits per heavy atom. The van der Waals surface area contributed by atoms with Crippen LogP contribution in [0.4, 0.5) is 0 Å². The van der Waals surface area contributed by atoms with E-state index in [1.165, 1.54) is 0 Å². The Kier molecular flexibility index (Phi) is 28.3. The first-order chi connectivity index (χ1) is 33.6. The number of furan rings is 1. The third-order valence-electron chi connectivity index (χ3n) is 13.7. The van der Waals surface area contributed by atoms with Crippen LogP contribution in [0, 0.1) is 30.1 Å². The van der Waals surface area contributed by atoms with Gasteiger partial charge in [-0.1, -0.05) is 90.9 Å². The Morgan fingerprint density at radius 1 is 0.592 bits per heavy atom. The molecule has 1 aromatic heterocycles. The number of hydrogen-bond acceptors (Lipinski definition) is 11. The number of nitrogens with zero attached hydrogens (tertiary/aromatic N) is 3. The fourth-order valence-corrected chi connectivity index (χ4v) is 10.2. The van der Waals surface area contributed by atoms with Gasteiger partial charge < -0.3 is 29.2 Å². The van der Waals surface area contributed by atoms with E-state index in [1.807, 2.05) is 54.6 Å². The van der Waals surface area contributed by atoms with Crippen LogP contribution in [0.1, 0.15) is 130 Å². The lowest BCUT2D eigenvalue weighted by Crippen LogP contribution is -2.59. The number of ether oxygens (including phenoxy) is 1. The molecule has 0 aliphatic carbocycles. The summed E-state index contributed by atoms with van der Waals surface area (Å²) in [4.78, 5) is 64.3. The van der Waals surface area contributed by atoms with Gasteiger partial charge in [-0.2, -0.15) is 50.5 Å². The zero-order chi connectivity index (χ0) is 52.8. The molecular weight excluding hydrogens is 965 g/mol. The molecule has 11 atom stereocenters. The number of carbonyl (C=O) groups is 4. The Bertz CT molecular complexity index is 1990. The minimum atomic E-state index is -0.914. The highest BCUT2D eigenvalue weighted by atomic mass is 32.1. The Hall–Kier alpha value is -3.04. The number of carbonyl (C=O) groups excluding carboxylic acids is 4. The molecule has 0 saturated heterocycles. The van der Waals surface area contributed by atoms with Gasteiger partial charge in [-0.05, 0) is 154 Å². The van der Waals surface area contributed by atoms with E-state index < -0.39 is 24.2 Å². The van der Waals surface area contributed by atoms with Gasteiger partial charge >= 0.3 is 0 Å². The van der Waals surface area contributed by atoms with Gasteiger partial charge in [0, 0.05) is 38.1 Å². The third-order valence-corrected chi connectivity index (χ3v) is 15.0. The van der Waals surface area contributed by atoms with E-state index in [1.54, 1.807) is 55.6 Å². The van der Waals surface area contributed by atoms with Crippen LogP contribution in [0.15, 0.2) is 77.4 Å². The lowest BCUT2D eigenvalue weighted by Gasteiger charge is -2.40. The van der Waals surface area contributed by atoms with E-state index in [2.05, 4.69) is 91.2 Å². The average molecular weight is 1050 g/mol. The maximum absolute atomic E-state index is 15.4. The van der Waals surface area contributed by atoms with E-state index in [0.717, 1.165) is 67.6 Å².